The zero-order valence-corrected chi connectivity index (χ0v) is 16.6. The van der Waals surface area contributed by atoms with E-state index in [4.69, 9.17) is 0 Å². The molecule has 0 spiro atoms. The van der Waals surface area contributed by atoms with E-state index in [1.807, 2.05) is 12.4 Å². The highest BCUT2D eigenvalue weighted by molar-refractivity contribution is 7.15. The number of carbonyl (C=O) groups excluding carboxylic acids is 1. The molecule has 4 rings (SSSR count). The zero-order chi connectivity index (χ0) is 18.6. The fourth-order valence-electron chi connectivity index (χ4n) is 4.01. The number of amides is 2. The van der Waals surface area contributed by atoms with Crippen LogP contribution in [0.15, 0.2) is 24.5 Å². The number of aryl methyl sites for hydroxylation is 2. The second-order valence-corrected chi connectivity index (χ2v) is 8.54. The van der Waals surface area contributed by atoms with Crippen LogP contribution in [0.4, 0.5) is 9.93 Å². The van der Waals surface area contributed by atoms with Crippen LogP contribution in [0.25, 0.3) is 0 Å². The lowest BCUT2D eigenvalue weighted by Gasteiger charge is -2.36. The van der Waals surface area contributed by atoms with Crippen LogP contribution in [0, 0.1) is 0 Å². The van der Waals surface area contributed by atoms with E-state index in [2.05, 4.69) is 44.6 Å². The van der Waals surface area contributed by atoms with Crippen molar-refractivity contribution >= 4 is 22.5 Å². The van der Waals surface area contributed by atoms with Gasteiger partial charge in [-0.1, -0.05) is 0 Å². The van der Waals surface area contributed by atoms with Crippen LogP contribution in [0.1, 0.15) is 54.8 Å². The summed E-state index contributed by atoms with van der Waals surface area (Å²) in [5, 5.41) is 6.81. The maximum absolute atomic E-state index is 12.4. The standard InChI is InChI=1S/C20H27N5OS/c1-14(15-6-10-21-11-7-15)25-12-8-16(9-13-25)22-19(26)24-20-23-17-4-2-3-5-18(17)27-20/h6-7,10-11,14,16H,2-5,8-9,12-13H2,1H3,(H2,22,23,24,26). The topological polar surface area (TPSA) is 70.2 Å². The number of thiazole rings is 1. The predicted octanol–water partition coefficient (Wildman–Crippen LogP) is 3.76. The van der Waals surface area contributed by atoms with Crippen LogP contribution in [0.2, 0.25) is 0 Å². The van der Waals surface area contributed by atoms with Crippen molar-refractivity contribution in [2.75, 3.05) is 18.4 Å². The van der Waals surface area contributed by atoms with Gasteiger partial charge < -0.3 is 5.32 Å². The minimum absolute atomic E-state index is 0.123. The van der Waals surface area contributed by atoms with Crippen LogP contribution < -0.4 is 10.6 Å². The number of hydrogen-bond donors (Lipinski definition) is 2. The molecule has 2 amide bonds. The Hall–Kier alpha value is -1.99. The molecule has 0 aromatic carbocycles. The van der Waals surface area contributed by atoms with Crippen LogP contribution in [0.5, 0.6) is 0 Å². The van der Waals surface area contributed by atoms with Crippen LogP contribution in [0.3, 0.4) is 0 Å². The van der Waals surface area contributed by atoms with Gasteiger partial charge in [-0.2, -0.15) is 0 Å². The molecule has 6 nitrogen and oxygen atoms in total. The summed E-state index contributed by atoms with van der Waals surface area (Å²) in [6, 6.07) is 4.64. The molecular weight excluding hydrogens is 358 g/mol. The monoisotopic (exact) mass is 385 g/mol. The number of rotatable bonds is 4. The Bertz CT molecular complexity index is 746. The van der Waals surface area contributed by atoms with E-state index in [1.165, 1.54) is 29.0 Å². The van der Waals surface area contributed by atoms with Gasteiger partial charge in [0.2, 0.25) is 0 Å². The Morgan fingerprint density at radius 1 is 1.22 bits per heavy atom. The third kappa shape index (κ3) is 4.47. The number of likely N-dealkylation sites (tertiary alicyclic amines) is 1. The molecular formula is C20H27N5OS. The van der Waals surface area contributed by atoms with Crippen LogP contribution >= 0.6 is 11.3 Å². The van der Waals surface area contributed by atoms with Crippen molar-refractivity contribution in [2.24, 2.45) is 0 Å². The molecule has 7 heteroatoms. The van der Waals surface area contributed by atoms with Gasteiger partial charge in [-0.05, 0) is 63.1 Å². The number of urea groups is 1. The Morgan fingerprint density at radius 2 is 1.96 bits per heavy atom. The molecule has 144 valence electrons. The van der Waals surface area contributed by atoms with E-state index in [0.717, 1.165) is 43.9 Å². The van der Waals surface area contributed by atoms with E-state index in [9.17, 15) is 4.79 Å². The van der Waals surface area contributed by atoms with Gasteiger partial charge in [0.15, 0.2) is 5.13 Å². The number of anilines is 1. The lowest BCUT2D eigenvalue weighted by atomic mass is 10.0. The largest absolute Gasteiger partial charge is 0.335 e. The van der Waals surface area contributed by atoms with Crippen molar-refractivity contribution in [1.82, 2.24) is 20.2 Å². The van der Waals surface area contributed by atoms with Gasteiger partial charge in [0.05, 0.1) is 5.69 Å². The average Bonchev–Trinajstić information content (AvgIpc) is 3.10. The predicted molar refractivity (Wildman–Crippen MR) is 108 cm³/mol. The number of nitrogens with one attached hydrogen (secondary N) is 2. The highest BCUT2D eigenvalue weighted by atomic mass is 32.1. The normalized spacial score (nSPS) is 19.3. The van der Waals surface area contributed by atoms with Gasteiger partial charge in [-0.25, -0.2) is 9.78 Å². The minimum atomic E-state index is -0.123. The summed E-state index contributed by atoms with van der Waals surface area (Å²) in [6.07, 6.45) is 10.2. The molecule has 1 unspecified atom stereocenters. The molecule has 2 aromatic heterocycles. The lowest BCUT2D eigenvalue weighted by Crippen LogP contribution is -2.46. The molecule has 2 aliphatic rings. The molecule has 0 saturated carbocycles. The first kappa shape index (κ1) is 18.4. The molecule has 1 aliphatic heterocycles. The third-order valence-electron chi connectivity index (χ3n) is 5.67. The highest BCUT2D eigenvalue weighted by Gasteiger charge is 2.25. The Kier molecular flexibility index (Phi) is 5.69. The van der Waals surface area contributed by atoms with E-state index in [-0.39, 0.29) is 12.1 Å². The smallest absolute Gasteiger partial charge is 0.321 e. The summed E-state index contributed by atoms with van der Waals surface area (Å²) >= 11 is 1.63. The van der Waals surface area contributed by atoms with Crippen LogP contribution in [-0.2, 0) is 12.8 Å². The summed E-state index contributed by atoms with van der Waals surface area (Å²) in [6.45, 7) is 4.21. The van der Waals surface area contributed by atoms with Crippen molar-refractivity contribution < 1.29 is 4.79 Å². The summed E-state index contributed by atoms with van der Waals surface area (Å²) in [5.41, 5.74) is 2.47. The lowest BCUT2D eigenvalue weighted by molar-refractivity contribution is 0.154. The number of carbonyl (C=O) groups is 1. The third-order valence-corrected chi connectivity index (χ3v) is 6.74. The molecule has 1 saturated heterocycles. The van der Waals surface area contributed by atoms with E-state index in [0.29, 0.717) is 6.04 Å². The highest BCUT2D eigenvalue weighted by Crippen LogP contribution is 2.29. The Morgan fingerprint density at radius 3 is 2.70 bits per heavy atom. The maximum atomic E-state index is 12.4. The molecule has 1 atom stereocenters. The molecule has 2 N–H and O–H groups in total. The molecule has 0 radical (unpaired) electrons. The van der Waals surface area contributed by atoms with Crippen LogP contribution in [-0.4, -0.2) is 40.0 Å². The van der Waals surface area contributed by atoms with Gasteiger partial charge in [0.1, 0.15) is 0 Å². The number of pyridine rings is 1. The molecule has 1 fully saturated rings. The fourth-order valence-corrected chi connectivity index (χ4v) is 5.05. The summed E-state index contributed by atoms with van der Waals surface area (Å²) in [4.78, 5) is 24.9. The van der Waals surface area contributed by atoms with Crippen molar-refractivity contribution in [3.05, 3.63) is 40.7 Å². The summed E-state index contributed by atoms with van der Waals surface area (Å²) in [5.74, 6) is 0. The number of aromatic nitrogens is 2. The minimum Gasteiger partial charge on any atom is -0.335 e. The Balaban J connectivity index is 1.25. The molecule has 1 aliphatic carbocycles. The Labute approximate surface area is 164 Å². The first-order valence-corrected chi connectivity index (χ1v) is 10.7. The number of hydrogen-bond acceptors (Lipinski definition) is 5. The average molecular weight is 386 g/mol. The zero-order valence-electron chi connectivity index (χ0n) is 15.8. The molecule has 27 heavy (non-hydrogen) atoms. The number of piperidine rings is 1. The second kappa shape index (κ2) is 8.35. The molecule has 2 aromatic rings. The van der Waals surface area contributed by atoms with Crippen molar-refractivity contribution in [3.8, 4) is 0 Å². The van der Waals surface area contributed by atoms with Gasteiger partial charge in [-0.15, -0.1) is 11.3 Å². The molecule has 3 heterocycles. The maximum Gasteiger partial charge on any atom is 0.321 e. The van der Waals surface area contributed by atoms with Gasteiger partial charge in [0.25, 0.3) is 0 Å². The first-order valence-electron chi connectivity index (χ1n) is 9.89. The number of nitrogens with zero attached hydrogens (tertiary/aromatic N) is 3. The van der Waals surface area contributed by atoms with Crippen molar-refractivity contribution in [3.63, 3.8) is 0 Å². The molecule has 0 bridgehead atoms. The second-order valence-electron chi connectivity index (χ2n) is 7.46. The van der Waals surface area contributed by atoms with Gasteiger partial charge in [0, 0.05) is 42.4 Å². The van der Waals surface area contributed by atoms with E-state index >= 15 is 0 Å². The van der Waals surface area contributed by atoms with Crippen molar-refractivity contribution in [2.45, 2.75) is 57.5 Å². The number of fused-ring (bicyclic) bond motifs is 1. The summed E-state index contributed by atoms with van der Waals surface area (Å²) in [7, 11) is 0. The van der Waals surface area contributed by atoms with Gasteiger partial charge in [-0.3, -0.25) is 15.2 Å². The van der Waals surface area contributed by atoms with E-state index in [1.54, 1.807) is 11.3 Å². The first-order chi connectivity index (χ1) is 13.2. The summed E-state index contributed by atoms with van der Waals surface area (Å²) < 4.78 is 0. The van der Waals surface area contributed by atoms with Crippen molar-refractivity contribution in [1.29, 1.82) is 0 Å². The van der Waals surface area contributed by atoms with Gasteiger partial charge >= 0.3 is 6.03 Å². The van der Waals surface area contributed by atoms with E-state index < -0.39 is 0 Å². The SMILES string of the molecule is CC(c1ccncc1)N1CCC(NC(=O)Nc2nc3c(s2)CCCC3)CC1. The quantitative estimate of drug-likeness (QED) is 0.841. The fraction of sp³-hybridized carbons (Fsp3) is 0.550.